The van der Waals surface area contributed by atoms with Crippen molar-refractivity contribution in [2.75, 3.05) is 13.7 Å². The summed E-state index contributed by atoms with van der Waals surface area (Å²) >= 11 is 0. The molecule has 0 amide bonds. The van der Waals surface area contributed by atoms with Gasteiger partial charge in [-0.1, -0.05) is 6.42 Å². The summed E-state index contributed by atoms with van der Waals surface area (Å²) in [6.45, 7) is 2.41. The molecule has 0 fully saturated rings. The first-order chi connectivity index (χ1) is 7.07. The number of carbonyl (C=O) groups is 2. The molecule has 5 heteroatoms. The van der Waals surface area contributed by atoms with Gasteiger partial charge < -0.3 is 10.5 Å². The van der Waals surface area contributed by atoms with Crippen molar-refractivity contribution < 1.29 is 14.3 Å². The number of methoxy groups -OCH3 is 1. The van der Waals surface area contributed by atoms with Crippen LogP contribution < -0.4 is 5.73 Å². The molecule has 0 aliphatic carbocycles. The van der Waals surface area contributed by atoms with Gasteiger partial charge >= 0.3 is 5.97 Å². The van der Waals surface area contributed by atoms with Gasteiger partial charge in [-0.2, -0.15) is 0 Å². The third-order valence-electron chi connectivity index (χ3n) is 1.84. The number of aliphatic imine (C=N–C) groups is 1. The monoisotopic (exact) mass is 214 g/mol. The first-order valence-electron chi connectivity index (χ1n) is 4.95. The fourth-order valence-corrected chi connectivity index (χ4v) is 1.05. The molecule has 0 saturated heterocycles. The van der Waals surface area contributed by atoms with Crippen LogP contribution in [0.15, 0.2) is 4.99 Å². The van der Waals surface area contributed by atoms with Crippen molar-refractivity contribution in [1.82, 2.24) is 0 Å². The highest BCUT2D eigenvalue weighted by Crippen LogP contribution is 2.01. The highest BCUT2D eigenvalue weighted by molar-refractivity contribution is 6.33. The number of unbranched alkanes of at least 4 members (excludes halogenated alkanes) is 2. The predicted octanol–water partition coefficient (Wildman–Crippen LogP) is 0.666. The summed E-state index contributed by atoms with van der Waals surface area (Å²) in [5.74, 6) is -0.650. The lowest BCUT2D eigenvalue weighted by Crippen LogP contribution is -2.14. The third-order valence-corrected chi connectivity index (χ3v) is 1.84. The molecule has 0 aromatic carbocycles. The topological polar surface area (TPSA) is 81.8 Å². The summed E-state index contributed by atoms with van der Waals surface area (Å²) in [6, 6.07) is 0. The highest BCUT2D eigenvalue weighted by Gasteiger charge is 2.12. The highest BCUT2D eigenvalue weighted by atomic mass is 16.5. The number of Topliss-reactive ketones (excluding diaryl/α,β-unsaturated/α-hetero) is 1. The average Bonchev–Trinajstić information content (AvgIpc) is 2.21. The second-order valence-corrected chi connectivity index (χ2v) is 3.25. The Morgan fingerprint density at radius 3 is 2.47 bits per heavy atom. The van der Waals surface area contributed by atoms with Crippen molar-refractivity contribution in [3.05, 3.63) is 0 Å². The maximum absolute atomic E-state index is 11.0. The van der Waals surface area contributed by atoms with Crippen molar-refractivity contribution in [2.24, 2.45) is 10.7 Å². The van der Waals surface area contributed by atoms with Crippen LogP contribution >= 0.6 is 0 Å². The van der Waals surface area contributed by atoms with E-state index in [0.717, 1.165) is 12.8 Å². The summed E-state index contributed by atoms with van der Waals surface area (Å²) in [5, 5.41) is 0. The molecule has 5 nitrogen and oxygen atoms in total. The number of esters is 1. The molecule has 0 radical (unpaired) electrons. The number of ketones is 1. The largest absolute Gasteiger partial charge is 0.463 e. The number of hydrogen-bond donors (Lipinski definition) is 1. The number of nitrogens with zero attached hydrogens (tertiary/aromatic N) is 1. The quantitative estimate of drug-likeness (QED) is 0.222. The van der Waals surface area contributed by atoms with Crippen molar-refractivity contribution in [3.63, 3.8) is 0 Å². The zero-order valence-electron chi connectivity index (χ0n) is 9.28. The molecule has 0 atom stereocenters. The van der Waals surface area contributed by atoms with Crippen LogP contribution in [0.25, 0.3) is 0 Å². The van der Waals surface area contributed by atoms with Gasteiger partial charge in [0, 0.05) is 13.0 Å². The van der Waals surface area contributed by atoms with E-state index in [-0.39, 0.29) is 6.42 Å². The smallest absolute Gasteiger partial charge is 0.374 e. The molecular formula is C10H18N2O3. The van der Waals surface area contributed by atoms with Gasteiger partial charge in [0.25, 0.3) is 0 Å². The maximum atomic E-state index is 11.0. The molecule has 0 heterocycles. The summed E-state index contributed by atoms with van der Waals surface area (Å²) in [5.41, 5.74) is 5.35. The van der Waals surface area contributed by atoms with Crippen LogP contribution in [0, 0.1) is 0 Å². The molecule has 0 aromatic heterocycles. The Labute approximate surface area is 89.7 Å². The van der Waals surface area contributed by atoms with Crippen LogP contribution in [0.1, 0.15) is 32.6 Å². The molecular weight excluding hydrogens is 196 g/mol. The van der Waals surface area contributed by atoms with Crippen LogP contribution in [0.2, 0.25) is 0 Å². The van der Waals surface area contributed by atoms with E-state index in [1.807, 2.05) is 0 Å². The SMILES string of the molecule is COC(=O)C(=O)CCCCCN=C(C)N. The maximum Gasteiger partial charge on any atom is 0.374 e. The minimum atomic E-state index is -0.758. The zero-order valence-corrected chi connectivity index (χ0v) is 9.28. The molecule has 86 valence electrons. The van der Waals surface area contributed by atoms with Crippen molar-refractivity contribution >= 4 is 17.6 Å². The third kappa shape index (κ3) is 7.66. The van der Waals surface area contributed by atoms with E-state index in [4.69, 9.17) is 5.73 Å². The summed E-state index contributed by atoms with van der Waals surface area (Å²) < 4.78 is 4.29. The fraction of sp³-hybridized carbons (Fsp3) is 0.700. The van der Waals surface area contributed by atoms with Gasteiger partial charge in [0.2, 0.25) is 5.78 Å². The Morgan fingerprint density at radius 2 is 1.93 bits per heavy atom. The minimum absolute atomic E-state index is 0.248. The summed E-state index contributed by atoms with van der Waals surface area (Å²) in [4.78, 5) is 25.7. The molecule has 2 N–H and O–H groups in total. The van der Waals surface area contributed by atoms with E-state index in [0.29, 0.717) is 18.8 Å². The van der Waals surface area contributed by atoms with Crippen LogP contribution in [0.3, 0.4) is 0 Å². The number of hydrogen-bond acceptors (Lipinski definition) is 4. The molecule has 0 rings (SSSR count). The number of rotatable bonds is 7. The minimum Gasteiger partial charge on any atom is -0.463 e. The van der Waals surface area contributed by atoms with E-state index in [2.05, 4.69) is 9.73 Å². The van der Waals surface area contributed by atoms with Crippen LogP contribution in [0.5, 0.6) is 0 Å². The van der Waals surface area contributed by atoms with Gasteiger partial charge in [0.05, 0.1) is 12.9 Å². The van der Waals surface area contributed by atoms with Crippen molar-refractivity contribution in [3.8, 4) is 0 Å². The van der Waals surface area contributed by atoms with Gasteiger partial charge in [-0.05, 0) is 19.8 Å². The molecule has 0 saturated carbocycles. The molecule has 0 bridgehead atoms. The first kappa shape index (κ1) is 13.6. The molecule has 15 heavy (non-hydrogen) atoms. The second kappa shape index (κ2) is 7.96. The van der Waals surface area contributed by atoms with Crippen LogP contribution in [-0.4, -0.2) is 31.2 Å². The van der Waals surface area contributed by atoms with Crippen LogP contribution in [-0.2, 0) is 14.3 Å². The lowest BCUT2D eigenvalue weighted by Gasteiger charge is -1.98. The molecule has 0 aliphatic rings. The van der Waals surface area contributed by atoms with Gasteiger partial charge in [0.1, 0.15) is 0 Å². The van der Waals surface area contributed by atoms with Crippen LogP contribution in [0.4, 0.5) is 0 Å². The first-order valence-corrected chi connectivity index (χ1v) is 4.95. The normalized spacial score (nSPS) is 11.2. The standard InChI is InChI=1S/C10H18N2O3/c1-8(11)12-7-5-3-4-6-9(13)10(14)15-2/h3-7H2,1-2H3,(H2,11,12). The van der Waals surface area contributed by atoms with Gasteiger partial charge in [0.15, 0.2) is 0 Å². The second-order valence-electron chi connectivity index (χ2n) is 3.25. The van der Waals surface area contributed by atoms with Gasteiger partial charge in [-0.3, -0.25) is 9.79 Å². The fourth-order valence-electron chi connectivity index (χ4n) is 1.05. The van der Waals surface area contributed by atoms with E-state index < -0.39 is 11.8 Å². The van der Waals surface area contributed by atoms with E-state index >= 15 is 0 Å². The summed E-state index contributed by atoms with van der Waals surface area (Å²) in [6.07, 6.45) is 2.67. The Hall–Kier alpha value is -1.39. The van der Waals surface area contributed by atoms with Crippen molar-refractivity contribution in [2.45, 2.75) is 32.6 Å². The van der Waals surface area contributed by atoms with Crippen molar-refractivity contribution in [1.29, 1.82) is 0 Å². The Balaban J connectivity index is 3.43. The number of carbonyl (C=O) groups excluding carboxylic acids is 2. The molecule has 0 aliphatic heterocycles. The van der Waals surface area contributed by atoms with Gasteiger partial charge in [-0.25, -0.2) is 4.79 Å². The average molecular weight is 214 g/mol. The zero-order chi connectivity index (χ0) is 11.7. The van der Waals surface area contributed by atoms with E-state index in [1.165, 1.54) is 7.11 Å². The number of ether oxygens (including phenoxy) is 1. The summed E-state index contributed by atoms with van der Waals surface area (Å²) in [7, 11) is 1.21. The Kier molecular flexibility index (Phi) is 7.23. The van der Waals surface area contributed by atoms with Gasteiger partial charge in [-0.15, -0.1) is 0 Å². The molecule has 0 unspecified atom stereocenters. The predicted molar refractivity (Wildman–Crippen MR) is 57.7 cm³/mol. The lowest BCUT2D eigenvalue weighted by molar-refractivity contribution is -0.151. The van der Waals surface area contributed by atoms with E-state index in [1.54, 1.807) is 6.92 Å². The Bertz CT molecular complexity index is 245. The Morgan fingerprint density at radius 1 is 1.27 bits per heavy atom. The number of amidine groups is 1. The van der Waals surface area contributed by atoms with E-state index in [9.17, 15) is 9.59 Å². The molecule has 0 aromatic rings. The lowest BCUT2D eigenvalue weighted by atomic mass is 10.1. The number of nitrogens with two attached hydrogens (primary N) is 1. The molecule has 0 spiro atoms.